The second-order valence-electron chi connectivity index (χ2n) is 4.71. The number of carbonyl (C=O) groups excluding carboxylic acids is 1. The molecule has 0 spiro atoms. The number of nitrogens with one attached hydrogen (secondary N) is 1. The number of hydrogen-bond donors (Lipinski definition) is 1. The topological polar surface area (TPSA) is 59.3 Å². The smallest absolute Gasteiger partial charge is 0.276 e. The first-order valence-corrected chi connectivity index (χ1v) is 6.83. The lowest BCUT2D eigenvalue weighted by Crippen LogP contribution is -2.15. The zero-order valence-electron chi connectivity index (χ0n) is 11.6. The molecule has 2 aromatic heterocycles. The molecular weight excluding hydrogens is 288 g/mol. The van der Waals surface area contributed by atoms with Gasteiger partial charge in [-0.25, -0.2) is 9.50 Å². The van der Waals surface area contributed by atoms with Gasteiger partial charge in [0.2, 0.25) is 0 Å². The van der Waals surface area contributed by atoms with Crippen LogP contribution < -0.4 is 5.32 Å². The molecule has 0 aliphatic rings. The highest BCUT2D eigenvalue weighted by Crippen LogP contribution is 2.21. The number of aryl methyl sites for hydroxylation is 2. The second kappa shape index (κ2) is 5.18. The molecule has 0 bridgehead atoms. The van der Waals surface area contributed by atoms with E-state index in [1.807, 2.05) is 19.9 Å². The standard InChI is InChI=1S/C15H13ClN4O/c1-9-10(2)20-14(17-9)8-7-13(19-20)15(21)18-12-6-4-3-5-11(12)16/h3-8H,1-2H3,(H,18,21). The molecule has 0 saturated carbocycles. The Kier molecular flexibility index (Phi) is 3.35. The van der Waals surface area contributed by atoms with Gasteiger partial charge in [-0.1, -0.05) is 23.7 Å². The molecule has 21 heavy (non-hydrogen) atoms. The van der Waals surface area contributed by atoms with E-state index in [-0.39, 0.29) is 5.91 Å². The summed E-state index contributed by atoms with van der Waals surface area (Å²) >= 11 is 6.03. The van der Waals surface area contributed by atoms with Gasteiger partial charge < -0.3 is 5.32 Å². The number of fused-ring (bicyclic) bond motifs is 1. The van der Waals surface area contributed by atoms with Crippen LogP contribution in [-0.4, -0.2) is 20.5 Å². The molecule has 6 heteroatoms. The molecule has 1 aromatic carbocycles. The molecule has 0 saturated heterocycles. The van der Waals surface area contributed by atoms with Crippen molar-refractivity contribution >= 4 is 28.8 Å². The van der Waals surface area contributed by atoms with Crippen LogP contribution in [0.15, 0.2) is 36.4 Å². The van der Waals surface area contributed by atoms with Crippen molar-refractivity contribution in [2.45, 2.75) is 13.8 Å². The van der Waals surface area contributed by atoms with E-state index >= 15 is 0 Å². The van der Waals surface area contributed by atoms with Crippen molar-refractivity contribution in [1.29, 1.82) is 0 Å². The molecule has 0 unspecified atom stereocenters. The zero-order valence-corrected chi connectivity index (χ0v) is 12.3. The quantitative estimate of drug-likeness (QED) is 0.790. The third-order valence-corrected chi connectivity index (χ3v) is 3.62. The number of hydrogen-bond acceptors (Lipinski definition) is 3. The fourth-order valence-corrected chi connectivity index (χ4v) is 2.21. The first-order valence-electron chi connectivity index (χ1n) is 6.45. The fraction of sp³-hybridized carbons (Fsp3) is 0.133. The summed E-state index contributed by atoms with van der Waals surface area (Å²) in [7, 11) is 0. The summed E-state index contributed by atoms with van der Waals surface area (Å²) in [5.41, 5.74) is 3.40. The summed E-state index contributed by atoms with van der Waals surface area (Å²) in [5.74, 6) is -0.309. The molecule has 5 nitrogen and oxygen atoms in total. The zero-order chi connectivity index (χ0) is 15.0. The molecule has 0 fully saturated rings. The van der Waals surface area contributed by atoms with E-state index in [0.29, 0.717) is 16.4 Å². The van der Waals surface area contributed by atoms with Crippen molar-refractivity contribution < 1.29 is 4.79 Å². The summed E-state index contributed by atoms with van der Waals surface area (Å²) in [4.78, 5) is 16.6. The minimum Gasteiger partial charge on any atom is -0.319 e. The summed E-state index contributed by atoms with van der Waals surface area (Å²) in [5, 5.41) is 7.56. The molecule has 0 aliphatic carbocycles. The Morgan fingerprint density at radius 1 is 1.19 bits per heavy atom. The molecule has 106 valence electrons. The Bertz CT molecular complexity index is 841. The summed E-state index contributed by atoms with van der Waals surface area (Å²) in [6.45, 7) is 3.82. The van der Waals surface area contributed by atoms with Gasteiger partial charge in [-0.15, -0.1) is 0 Å². The normalized spacial score (nSPS) is 10.8. The van der Waals surface area contributed by atoms with E-state index in [4.69, 9.17) is 11.6 Å². The number of rotatable bonds is 2. The SMILES string of the molecule is Cc1nc2ccc(C(=O)Nc3ccccc3Cl)nn2c1C. The van der Waals surface area contributed by atoms with E-state index in [1.54, 1.807) is 34.8 Å². The lowest BCUT2D eigenvalue weighted by molar-refractivity contribution is 0.102. The first kappa shape index (κ1) is 13.6. The lowest BCUT2D eigenvalue weighted by atomic mass is 10.3. The molecule has 2 heterocycles. The molecule has 0 aliphatic heterocycles. The van der Waals surface area contributed by atoms with Crippen molar-refractivity contribution in [3.8, 4) is 0 Å². The Morgan fingerprint density at radius 3 is 2.71 bits per heavy atom. The van der Waals surface area contributed by atoms with Crippen LogP contribution in [0.5, 0.6) is 0 Å². The van der Waals surface area contributed by atoms with Crippen LogP contribution in [0.25, 0.3) is 5.65 Å². The molecule has 3 rings (SSSR count). The Morgan fingerprint density at radius 2 is 1.95 bits per heavy atom. The number of para-hydroxylation sites is 1. The number of nitrogens with zero attached hydrogens (tertiary/aromatic N) is 3. The van der Waals surface area contributed by atoms with Gasteiger partial charge in [0.1, 0.15) is 5.69 Å². The highest BCUT2D eigenvalue weighted by atomic mass is 35.5. The number of imidazole rings is 1. The van der Waals surface area contributed by atoms with Crippen LogP contribution in [0.1, 0.15) is 21.9 Å². The number of halogens is 1. The van der Waals surface area contributed by atoms with E-state index in [2.05, 4.69) is 15.4 Å². The maximum absolute atomic E-state index is 12.3. The molecule has 1 amide bonds. The number of anilines is 1. The van der Waals surface area contributed by atoms with Crippen molar-refractivity contribution in [2.24, 2.45) is 0 Å². The van der Waals surface area contributed by atoms with Crippen LogP contribution in [-0.2, 0) is 0 Å². The minimum absolute atomic E-state index is 0.308. The number of amides is 1. The Hall–Kier alpha value is -2.40. The van der Waals surface area contributed by atoms with E-state index < -0.39 is 0 Å². The van der Waals surface area contributed by atoms with Gasteiger partial charge in [0, 0.05) is 0 Å². The lowest BCUT2D eigenvalue weighted by Gasteiger charge is -2.06. The molecule has 3 aromatic rings. The maximum Gasteiger partial charge on any atom is 0.276 e. The van der Waals surface area contributed by atoms with Crippen LogP contribution in [0.4, 0.5) is 5.69 Å². The Balaban J connectivity index is 1.95. The van der Waals surface area contributed by atoms with Crippen molar-refractivity contribution in [3.63, 3.8) is 0 Å². The van der Waals surface area contributed by atoms with Gasteiger partial charge in [-0.2, -0.15) is 5.10 Å². The van der Waals surface area contributed by atoms with E-state index in [9.17, 15) is 4.79 Å². The van der Waals surface area contributed by atoms with Crippen LogP contribution in [0, 0.1) is 13.8 Å². The molecular formula is C15H13ClN4O. The number of benzene rings is 1. The van der Waals surface area contributed by atoms with Crippen LogP contribution in [0.3, 0.4) is 0 Å². The molecule has 0 radical (unpaired) electrons. The van der Waals surface area contributed by atoms with Gasteiger partial charge in [-0.3, -0.25) is 4.79 Å². The maximum atomic E-state index is 12.3. The monoisotopic (exact) mass is 300 g/mol. The second-order valence-corrected chi connectivity index (χ2v) is 5.11. The van der Waals surface area contributed by atoms with Gasteiger partial charge in [0.15, 0.2) is 5.65 Å². The highest BCUT2D eigenvalue weighted by molar-refractivity contribution is 6.33. The number of aromatic nitrogens is 3. The summed E-state index contributed by atoms with van der Waals surface area (Å²) in [6, 6.07) is 10.5. The molecule has 1 N–H and O–H groups in total. The first-order chi connectivity index (χ1) is 10.1. The van der Waals surface area contributed by atoms with E-state index in [0.717, 1.165) is 17.0 Å². The third-order valence-electron chi connectivity index (χ3n) is 3.29. The fourth-order valence-electron chi connectivity index (χ4n) is 2.02. The van der Waals surface area contributed by atoms with Crippen molar-refractivity contribution in [3.05, 3.63) is 58.5 Å². The van der Waals surface area contributed by atoms with Gasteiger partial charge in [0.25, 0.3) is 5.91 Å². The third kappa shape index (κ3) is 2.48. The molecule has 0 atom stereocenters. The van der Waals surface area contributed by atoms with Gasteiger partial charge in [0.05, 0.1) is 22.1 Å². The number of carbonyl (C=O) groups is 1. The van der Waals surface area contributed by atoms with E-state index in [1.165, 1.54) is 0 Å². The Labute approximate surface area is 126 Å². The predicted octanol–water partition coefficient (Wildman–Crippen LogP) is 3.25. The van der Waals surface area contributed by atoms with Crippen LogP contribution in [0.2, 0.25) is 5.02 Å². The largest absolute Gasteiger partial charge is 0.319 e. The average Bonchev–Trinajstić information content (AvgIpc) is 2.76. The average molecular weight is 301 g/mol. The van der Waals surface area contributed by atoms with Crippen molar-refractivity contribution in [1.82, 2.24) is 14.6 Å². The van der Waals surface area contributed by atoms with Crippen molar-refractivity contribution in [2.75, 3.05) is 5.32 Å². The minimum atomic E-state index is -0.309. The van der Waals surface area contributed by atoms with Gasteiger partial charge in [-0.05, 0) is 38.1 Å². The predicted molar refractivity (Wildman–Crippen MR) is 81.9 cm³/mol. The van der Waals surface area contributed by atoms with Crippen LogP contribution >= 0.6 is 11.6 Å². The van der Waals surface area contributed by atoms with Gasteiger partial charge >= 0.3 is 0 Å². The highest BCUT2D eigenvalue weighted by Gasteiger charge is 2.12. The summed E-state index contributed by atoms with van der Waals surface area (Å²) < 4.78 is 1.66. The summed E-state index contributed by atoms with van der Waals surface area (Å²) in [6.07, 6.45) is 0.